The third-order valence-electron chi connectivity index (χ3n) is 4.89. The van der Waals surface area contributed by atoms with Crippen LogP contribution in [0.15, 0.2) is 36.4 Å². The van der Waals surface area contributed by atoms with Crippen LogP contribution in [0.3, 0.4) is 0 Å². The van der Waals surface area contributed by atoms with Gasteiger partial charge in [0.25, 0.3) is 0 Å². The second kappa shape index (κ2) is 7.52. The van der Waals surface area contributed by atoms with Gasteiger partial charge in [0, 0.05) is 31.1 Å². The number of aromatic nitrogens is 2. The highest BCUT2D eigenvalue weighted by molar-refractivity contribution is 7.18. The molecule has 1 N–H and O–H groups in total. The van der Waals surface area contributed by atoms with Gasteiger partial charge in [-0.25, -0.2) is 0 Å². The summed E-state index contributed by atoms with van der Waals surface area (Å²) in [5.41, 5.74) is 1.04. The fourth-order valence-electron chi connectivity index (χ4n) is 3.41. The number of hydrogen-bond donors (Lipinski definition) is 1. The minimum Gasteiger partial charge on any atom is -0.479 e. The molecule has 140 valence electrons. The first kappa shape index (κ1) is 17.7. The van der Waals surface area contributed by atoms with Gasteiger partial charge in [-0.05, 0) is 18.1 Å². The van der Waals surface area contributed by atoms with E-state index in [0.29, 0.717) is 32.6 Å². The maximum atomic E-state index is 12.6. The van der Waals surface area contributed by atoms with Crippen molar-refractivity contribution in [3.63, 3.8) is 0 Å². The van der Waals surface area contributed by atoms with E-state index in [2.05, 4.69) is 27.9 Å². The van der Waals surface area contributed by atoms with Gasteiger partial charge in [0.1, 0.15) is 10.6 Å². The van der Waals surface area contributed by atoms with Crippen molar-refractivity contribution in [1.82, 2.24) is 14.9 Å². The van der Waals surface area contributed by atoms with Gasteiger partial charge >= 0.3 is 6.01 Å². The van der Waals surface area contributed by atoms with Crippen molar-refractivity contribution in [2.45, 2.75) is 19.8 Å². The van der Waals surface area contributed by atoms with Crippen LogP contribution in [-0.4, -0.2) is 52.1 Å². The standard InChI is InChI=1S/C20H22N4O2S/c1-2-15-13-16-18(21-20(26)22-19(16)27-15)24-10-8-23(9-11-24)17(25)12-14-6-4-3-5-7-14/h3-7,13H,2,8-12H2,1H3,(H,21,22,26). The van der Waals surface area contributed by atoms with E-state index in [9.17, 15) is 9.90 Å². The Morgan fingerprint density at radius 3 is 2.59 bits per heavy atom. The molecular formula is C20H22N4O2S. The highest BCUT2D eigenvalue weighted by Crippen LogP contribution is 2.33. The van der Waals surface area contributed by atoms with Crippen LogP contribution in [0.5, 0.6) is 6.01 Å². The monoisotopic (exact) mass is 382 g/mol. The lowest BCUT2D eigenvalue weighted by Gasteiger charge is -2.35. The quantitative estimate of drug-likeness (QED) is 0.751. The van der Waals surface area contributed by atoms with Crippen LogP contribution in [0, 0.1) is 0 Å². The molecule has 7 heteroatoms. The zero-order valence-corrected chi connectivity index (χ0v) is 16.1. The Bertz CT molecular complexity index is 949. The fourth-order valence-corrected chi connectivity index (χ4v) is 4.37. The van der Waals surface area contributed by atoms with E-state index in [1.807, 2.05) is 35.2 Å². The van der Waals surface area contributed by atoms with Gasteiger partial charge in [-0.1, -0.05) is 37.3 Å². The largest absolute Gasteiger partial charge is 0.479 e. The van der Waals surface area contributed by atoms with Gasteiger partial charge in [-0.2, -0.15) is 9.97 Å². The van der Waals surface area contributed by atoms with Gasteiger partial charge in [-0.15, -0.1) is 11.3 Å². The van der Waals surface area contributed by atoms with Crippen molar-refractivity contribution in [3.8, 4) is 6.01 Å². The Morgan fingerprint density at radius 2 is 1.89 bits per heavy atom. The van der Waals surface area contributed by atoms with Gasteiger partial charge in [0.15, 0.2) is 0 Å². The van der Waals surface area contributed by atoms with Crippen molar-refractivity contribution >= 4 is 33.3 Å². The molecule has 0 atom stereocenters. The van der Waals surface area contributed by atoms with Gasteiger partial charge in [0.05, 0.1) is 11.8 Å². The van der Waals surface area contributed by atoms with Gasteiger partial charge in [0.2, 0.25) is 5.91 Å². The van der Waals surface area contributed by atoms with Gasteiger partial charge in [-0.3, -0.25) is 4.79 Å². The highest BCUT2D eigenvalue weighted by Gasteiger charge is 2.24. The second-order valence-corrected chi connectivity index (χ2v) is 7.78. The molecule has 0 bridgehead atoms. The summed E-state index contributed by atoms with van der Waals surface area (Å²) in [5, 5.41) is 10.9. The van der Waals surface area contributed by atoms with Crippen LogP contribution in [-0.2, 0) is 17.6 Å². The molecule has 6 nitrogen and oxygen atoms in total. The summed E-state index contributed by atoms with van der Waals surface area (Å²) in [6.07, 6.45) is 1.37. The Balaban J connectivity index is 1.47. The average molecular weight is 382 g/mol. The molecule has 1 amide bonds. The number of aromatic hydroxyl groups is 1. The predicted molar refractivity (Wildman–Crippen MR) is 107 cm³/mol. The molecule has 27 heavy (non-hydrogen) atoms. The Kier molecular flexibility index (Phi) is 4.94. The van der Waals surface area contributed by atoms with Gasteiger partial charge < -0.3 is 14.9 Å². The van der Waals surface area contributed by atoms with Crippen LogP contribution >= 0.6 is 11.3 Å². The molecule has 0 aliphatic carbocycles. The highest BCUT2D eigenvalue weighted by atomic mass is 32.1. The number of rotatable bonds is 4. The number of piperazine rings is 1. The summed E-state index contributed by atoms with van der Waals surface area (Å²) in [4.78, 5) is 27.1. The number of amides is 1. The molecule has 1 fully saturated rings. The van der Waals surface area contributed by atoms with Crippen LogP contribution < -0.4 is 4.90 Å². The van der Waals surface area contributed by atoms with Crippen LogP contribution in [0.25, 0.3) is 10.2 Å². The average Bonchev–Trinajstić information content (AvgIpc) is 3.11. The molecule has 0 radical (unpaired) electrons. The van der Waals surface area contributed by atoms with E-state index in [4.69, 9.17) is 0 Å². The van der Waals surface area contributed by atoms with Crippen LogP contribution in [0.2, 0.25) is 0 Å². The van der Waals surface area contributed by atoms with Crippen LogP contribution in [0.1, 0.15) is 17.4 Å². The van der Waals surface area contributed by atoms with E-state index in [0.717, 1.165) is 28.0 Å². The first-order valence-corrected chi connectivity index (χ1v) is 10.0. The molecule has 1 aliphatic rings. The molecule has 0 saturated carbocycles. The normalized spacial score (nSPS) is 14.7. The Hall–Kier alpha value is -2.67. The lowest BCUT2D eigenvalue weighted by Crippen LogP contribution is -2.49. The van der Waals surface area contributed by atoms with Crippen molar-refractivity contribution in [1.29, 1.82) is 0 Å². The summed E-state index contributed by atoms with van der Waals surface area (Å²) < 4.78 is 0. The Labute approximate surface area is 162 Å². The molecule has 1 saturated heterocycles. The molecule has 0 spiro atoms. The fraction of sp³-hybridized carbons (Fsp3) is 0.350. The van der Waals surface area contributed by atoms with Crippen LogP contribution in [0.4, 0.5) is 5.82 Å². The number of hydrogen-bond acceptors (Lipinski definition) is 6. The first-order valence-electron chi connectivity index (χ1n) is 9.20. The lowest BCUT2D eigenvalue weighted by atomic mass is 10.1. The van der Waals surface area contributed by atoms with Crippen molar-refractivity contribution in [2.24, 2.45) is 0 Å². The van der Waals surface area contributed by atoms with E-state index in [1.54, 1.807) is 11.3 Å². The molecular weight excluding hydrogens is 360 g/mol. The topological polar surface area (TPSA) is 69.6 Å². The molecule has 4 rings (SSSR count). The maximum absolute atomic E-state index is 12.6. The molecule has 1 aromatic carbocycles. The number of carbonyl (C=O) groups excluding carboxylic acids is 1. The summed E-state index contributed by atoms with van der Waals surface area (Å²) in [7, 11) is 0. The number of benzene rings is 1. The molecule has 1 aliphatic heterocycles. The number of anilines is 1. The third kappa shape index (κ3) is 3.73. The maximum Gasteiger partial charge on any atom is 0.317 e. The van der Waals surface area contributed by atoms with E-state index in [1.165, 1.54) is 4.88 Å². The molecule has 3 heterocycles. The van der Waals surface area contributed by atoms with E-state index < -0.39 is 0 Å². The minimum atomic E-state index is -0.190. The smallest absolute Gasteiger partial charge is 0.317 e. The Morgan fingerprint density at radius 1 is 1.15 bits per heavy atom. The molecule has 3 aromatic rings. The summed E-state index contributed by atoms with van der Waals surface area (Å²) in [5.74, 6) is 0.920. The number of aryl methyl sites for hydroxylation is 1. The summed E-state index contributed by atoms with van der Waals surface area (Å²) in [6, 6.07) is 11.8. The van der Waals surface area contributed by atoms with E-state index >= 15 is 0 Å². The van der Waals surface area contributed by atoms with Crippen molar-refractivity contribution < 1.29 is 9.90 Å². The summed E-state index contributed by atoms with van der Waals surface area (Å²) in [6.45, 7) is 4.81. The first-order chi connectivity index (χ1) is 13.1. The SMILES string of the molecule is CCc1cc2c(N3CCN(C(=O)Cc4ccccc4)CC3)nc(O)nc2s1. The molecule has 0 unspecified atom stereocenters. The lowest BCUT2D eigenvalue weighted by molar-refractivity contribution is -0.130. The summed E-state index contributed by atoms with van der Waals surface area (Å²) >= 11 is 1.59. The van der Waals surface area contributed by atoms with Crippen molar-refractivity contribution in [3.05, 3.63) is 46.8 Å². The van der Waals surface area contributed by atoms with E-state index in [-0.39, 0.29) is 11.9 Å². The minimum absolute atomic E-state index is 0.153. The number of thiophene rings is 1. The zero-order chi connectivity index (χ0) is 18.8. The second-order valence-electron chi connectivity index (χ2n) is 6.66. The van der Waals surface area contributed by atoms with Crippen molar-refractivity contribution in [2.75, 3.05) is 31.1 Å². The number of nitrogens with zero attached hydrogens (tertiary/aromatic N) is 4. The third-order valence-corrected chi connectivity index (χ3v) is 6.06. The zero-order valence-electron chi connectivity index (χ0n) is 15.3. The predicted octanol–water partition coefficient (Wildman–Crippen LogP) is 2.85. The number of fused-ring (bicyclic) bond motifs is 1. The molecule has 2 aromatic heterocycles. The number of carbonyl (C=O) groups is 1.